The van der Waals surface area contributed by atoms with Crippen molar-refractivity contribution in [3.8, 4) is 5.75 Å². The van der Waals surface area contributed by atoms with Crippen molar-refractivity contribution in [3.63, 3.8) is 0 Å². The predicted octanol–water partition coefficient (Wildman–Crippen LogP) is 2.40. The van der Waals surface area contributed by atoms with E-state index in [0.717, 1.165) is 4.47 Å². The average Bonchev–Trinajstić information content (AvgIpc) is 2.61. The molecule has 1 aromatic heterocycles. The maximum atomic E-state index is 12.2. The molecule has 0 aliphatic rings. The second-order valence-electron chi connectivity index (χ2n) is 4.95. The highest BCUT2D eigenvalue weighted by Gasteiger charge is 2.12. The first-order valence-corrected chi connectivity index (χ1v) is 8.21. The average molecular weight is 392 g/mol. The molecule has 7 heteroatoms. The Morgan fingerprint density at radius 2 is 1.75 bits per heavy atom. The number of hydrogen-bond donors (Lipinski definition) is 2. The number of nitrogens with one attached hydrogen (secondary N) is 2. The molecular weight excluding hydrogens is 374 g/mol. The Kier molecular flexibility index (Phi) is 6.74. The predicted molar refractivity (Wildman–Crippen MR) is 94.2 cm³/mol. The molecule has 0 saturated carbocycles. The second-order valence-corrected chi connectivity index (χ2v) is 5.86. The molecular formula is C17H18BrN3O3. The van der Waals surface area contributed by atoms with Crippen molar-refractivity contribution in [2.24, 2.45) is 0 Å². The van der Waals surface area contributed by atoms with Crippen LogP contribution >= 0.6 is 15.9 Å². The highest BCUT2D eigenvalue weighted by Crippen LogP contribution is 2.22. The first-order valence-electron chi connectivity index (χ1n) is 7.42. The number of carbonyl (C=O) groups excluding carboxylic acids is 2. The maximum absolute atomic E-state index is 12.2. The van der Waals surface area contributed by atoms with E-state index in [0.29, 0.717) is 36.4 Å². The van der Waals surface area contributed by atoms with Gasteiger partial charge >= 0.3 is 0 Å². The van der Waals surface area contributed by atoms with Crippen molar-refractivity contribution < 1.29 is 14.3 Å². The van der Waals surface area contributed by atoms with Gasteiger partial charge < -0.3 is 15.4 Å². The number of ether oxygens (including phenoxy) is 1. The summed E-state index contributed by atoms with van der Waals surface area (Å²) < 4.78 is 5.99. The molecule has 0 aliphatic heterocycles. The molecule has 0 bridgehead atoms. The Labute approximate surface area is 148 Å². The molecule has 0 fully saturated rings. The normalized spacial score (nSPS) is 10.1. The molecule has 2 amide bonds. The number of methoxy groups -OCH3 is 1. The van der Waals surface area contributed by atoms with Crippen molar-refractivity contribution in [1.29, 1.82) is 0 Å². The third-order valence-corrected chi connectivity index (χ3v) is 3.77. The van der Waals surface area contributed by atoms with Gasteiger partial charge in [-0.15, -0.1) is 0 Å². The van der Waals surface area contributed by atoms with E-state index in [1.165, 1.54) is 7.11 Å². The summed E-state index contributed by atoms with van der Waals surface area (Å²) in [5.41, 5.74) is 1.03. The van der Waals surface area contributed by atoms with E-state index >= 15 is 0 Å². The molecule has 0 unspecified atom stereocenters. The van der Waals surface area contributed by atoms with Crippen LogP contribution in [0.2, 0.25) is 0 Å². The largest absolute Gasteiger partial charge is 0.496 e. The SMILES string of the molecule is COc1ccc(Br)cc1C(=O)NCCCNC(=O)c1ccncc1. The molecule has 6 nitrogen and oxygen atoms in total. The number of carbonyl (C=O) groups is 2. The van der Waals surface area contributed by atoms with Gasteiger partial charge in [0.25, 0.3) is 11.8 Å². The van der Waals surface area contributed by atoms with Gasteiger partial charge in [-0.25, -0.2) is 0 Å². The third-order valence-electron chi connectivity index (χ3n) is 3.27. The van der Waals surface area contributed by atoms with Crippen LogP contribution in [0.25, 0.3) is 0 Å². The van der Waals surface area contributed by atoms with E-state index in [2.05, 4.69) is 31.5 Å². The lowest BCUT2D eigenvalue weighted by molar-refractivity contribution is 0.0949. The van der Waals surface area contributed by atoms with E-state index in [1.807, 2.05) is 6.07 Å². The zero-order valence-corrected chi connectivity index (χ0v) is 14.8. The molecule has 0 atom stereocenters. The molecule has 2 N–H and O–H groups in total. The first kappa shape index (κ1) is 17.9. The molecule has 0 radical (unpaired) electrons. The Bertz CT molecular complexity index is 707. The van der Waals surface area contributed by atoms with Gasteiger partial charge in [0.05, 0.1) is 12.7 Å². The Balaban J connectivity index is 1.75. The van der Waals surface area contributed by atoms with Crippen molar-refractivity contribution >= 4 is 27.7 Å². The van der Waals surface area contributed by atoms with Gasteiger partial charge in [0.2, 0.25) is 0 Å². The summed E-state index contributed by atoms with van der Waals surface area (Å²) in [6.07, 6.45) is 3.76. The van der Waals surface area contributed by atoms with Crippen LogP contribution in [-0.4, -0.2) is 37.0 Å². The topological polar surface area (TPSA) is 80.3 Å². The zero-order valence-electron chi connectivity index (χ0n) is 13.2. The molecule has 2 rings (SSSR count). The van der Waals surface area contributed by atoms with Gasteiger partial charge in [0.1, 0.15) is 5.75 Å². The minimum atomic E-state index is -0.214. The summed E-state index contributed by atoms with van der Waals surface area (Å²) in [5.74, 6) is 0.146. The van der Waals surface area contributed by atoms with E-state index < -0.39 is 0 Å². The van der Waals surface area contributed by atoms with Gasteiger partial charge in [0, 0.05) is 35.5 Å². The van der Waals surface area contributed by atoms with Gasteiger partial charge in [-0.3, -0.25) is 14.6 Å². The first-order chi connectivity index (χ1) is 11.6. The van der Waals surface area contributed by atoms with Gasteiger partial charge in [-0.2, -0.15) is 0 Å². The number of benzene rings is 1. The van der Waals surface area contributed by atoms with E-state index in [4.69, 9.17) is 4.74 Å². The number of halogens is 1. The number of nitrogens with zero attached hydrogens (tertiary/aromatic N) is 1. The van der Waals surface area contributed by atoms with E-state index in [1.54, 1.807) is 36.7 Å². The minimum Gasteiger partial charge on any atom is -0.496 e. The van der Waals surface area contributed by atoms with Crippen molar-refractivity contribution in [2.45, 2.75) is 6.42 Å². The standard InChI is InChI=1S/C17H18BrN3O3/c1-24-15-4-3-13(18)11-14(15)17(23)21-8-2-7-20-16(22)12-5-9-19-10-6-12/h3-6,9-11H,2,7-8H2,1H3,(H,20,22)(H,21,23). The fourth-order valence-electron chi connectivity index (χ4n) is 2.05. The molecule has 0 spiro atoms. The summed E-state index contributed by atoms with van der Waals surface area (Å²) in [5, 5.41) is 5.61. The van der Waals surface area contributed by atoms with Gasteiger partial charge in [0.15, 0.2) is 0 Å². The highest BCUT2D eigenvalue weighted by atomic mass is 79.9. The fraction of sp³-hybridized carbons (Fsp3) is 0.235. The Morgan fingerprint density at radius 3 is 2.42 bits per heavy atom. The molecule has 24 heavy (non-hydrogen) atoms. The zero-order chi connectivity index (χ0) is 17.4. The quantitative estimate of drug-likeness (QED) is 0.710. The van der Waals surface area contributed by atoms with Crippen LogP contribution in [0.5, 0.6) is 5.75 Å². The highest BCUT2D eigenvalue weighted by molar-refractivity contribution is 9.10. The van der Waals surface area contributed by atoms with Crippen LogP contribution in [0.15, 0.2) is 47.2 Å². The summed E-state index contributed by atoms with van der Waals surface area (Å²) >= 11 is 3.34. The van der Waals surface area contributed by atoms with Gasteiger partial charge in [-0.05, 0) is 36.8 Å². The lowest BCUT2D eigenvalue weighted by atomic mass is 10.2. The fourth-order valence-corrected chi connectivity index (χ4v) is 2.41. The number of amides is 2. The van der Waals surface area contributed by atoms with Crippen LogP contribution < -0.4 is 15.4 Å². The summed E-state index contributed by atoms with van der Waals surface area (Å²) in [7, 11) is 1.52. The Morgan fingerprint density at radius 1 is 1.08 bits per heavy atom. The molecule has 2 aromatic rings. The van der Waals surface area contributed by atoms with Crippen molar-refractivity contribution in [3.05, 3.63) is 58.3 Å². The maximum Gasteiger partial charge on any atom is 0.255 e. The monoisotopic (exact) mass is 391 g/mol. The summed E-state index contributed by atoms with van der Waals surface area (Å²) in [6, 6.07) is 8.55. The molecule has 1 aromatic carbocycles. The van der Waals surface area contributed by atoms with Crippen LogP contribution in [0.4, 0.5) is 0 Å². The van der Waals surface area contributed by atoms with E-state index in [9.17, 15) is 9.59 Å². The molecule has 1 heterocycles. The van der Waals surface area contributed by atoms with Crippen LogP contribution in [-0.2, 0) is 0 Å². The van der Waals surface area contributed by atoms with Crippen molar-refractivity contribution in [1.82, 2.24) is 15.6 Å². The second kappa shape index (κ2) is 9.02. The molecule has 0 saturated heterocycles. The summed E-state index contributed by atoms with van der Waals surface area (Å²) in [4.78, 5) is 27.9. The lowest BCUT2D eigenvalue weighted by Crippen LogP contribution is -2.30. The molecule has 0 aliphatic carbocycles. The number of aromatic nitrogens is 1. The smallest absolute Gasteiger partial charge is 0.255 e. The Hall–Kier alpha value is -2.41. The lowest BCUT2D eigenvalue weighted by Gasteiger charge is -2.10. The summed E-state index contributed by atoms with van der Waals surface area (Å²) in [6.45, 7) is 0.919. The van der Waals surface area contributed by atoms with Crippen LogP contribution in [0.1, 0.15) is 27.1 Å². The van der Waals surface area contributed by atoms with Crippen LogP contribution in [0, 0.1) is 0 Å². The minimum absolute atomic E-state index is 0.155. The van der Waals surface area contributed by atoms with Crippen LogP contribution in [0.3, 0.4) is 0 Å². The molecule has 126 valence electrons. The third kappa shape index (κ3) is 5.06. The number of rotatable bonds is 7. The number of hydrogen-bond acceptors (Lipinski definition) is 4. The van der Waals surface area contributed by atoms with Gasteiger partial charge in [-0.1, -0.05) is 15.9 Å². The van der Waals surface area contributed by atoms with Crippen molar-refractivity contribution in [2.75, 3.05) is 20.2 Å². The number of pyridine rings is 1. The van der Waals surface area contributed by atoms with E-state index in [-0.39, 0.29) is 11.8 Å².